The van der Waals surface area contributed by atoms with Crippen LogP contribution in [-0.4, -0.2) is 19.1 Å². The molecule has 148 valence electrons. The second kappa shape index (κ2) is 8.70. The Morgan fingerprint density at radius 2 is 1.55 bits per heavy atom. The first-order valence-corrected chi connectivity index (χ1v) is 11.9. The molecular formula is C19H11Br2NO5S2. The molecule has 0 bridgehead atoms. The van der Waals surface area contributed by atoms with Crippen molar-refractivity contribution in [1.82, 2.24) is 0 Å². The second-order valence-electron chi connectivity index (χ2n) is 5.78. The topological polar surface area (TPSA) is 94.3 Å². The van der Waals surface area contributed by atoms with E-state index in [9.17, 15) is 23.3 Å². The molecule has 0 radical (unpaired) electrons. The molecule has 0 fully saturated rings. The summed E-state index contributed by atoms with van der Waals surface area (Å²) >= 11 is 7.38. The molecule has 0 unspecified atom stereocenters. The number of nitrogens with zero attached hydrogens (tertiary/aromatic N) is 1. The van der Waals surface area contributed by atoms with E-state index < -0.39 is 25.4 Å². The van der Waals surface area contributed by atoms with Crippen LogP contribution in [0, 0.1) is 10.1 Å². The summed E-state index contributed by atoms with van der Waals surface area (Å²) in [5.41, 5.74) is 0.452. The highest BCUT2D eigenvalue weighted by Crippen LogP contribution is 2.30. The van der Waals surface area contributed by atoms with Crippen LogP contribution in [0.1, 0.15) is 15.9 Å². The first-order chi connectivity index (χ1) is 13.7. The number of rotatable bonds is 6. The van der Waals surface area contributed by atoms with Crippen LogP contribution in [0.5, 0.6) is 0 Å². The number of hydrogen-bond donors (Lipinski definition) is 0. The van der Waals surface area contributed by atoms with Crippen molar-refractivity contribution in [2.75, 3.05) is 0 Å². The number of benzene rings is 2. The van der Waals surface area contributed by atoms with Gasteiger partial charge in [-0.2, -0.15) is 0 Å². The highest BCUT2D eigenvalue weighted by atomic mass is 79.9. The van der Waals surface area contributed by atoms with Gasteiger partial charge in [-0.05, 0) is 60.2 Å². The first-order valence-electron chi connectivity index (χ1n) is 7.94. The molecule has 2 aromatic carbocycles. The van der Waals surface area contributed by atoms with Crippen molar-refractivity contribution in [2.24, 2.45) is 0 Å². The van der Waals surface area contributed by atoms with Crippen LogP contribution in [0.25, 0.3) is 6.08 Å². The van der Waals surface area contributed by atoms with E-state index in [1.807, 2.05) is 0 Å². The van der Waals surface area contributed by atoms with Gasteiger partial charge < -0.3 is 0 Å². The van der Waals surface area contributed by atoms with Crippen LogP contribution >= 0.6 is 43.2 Å². The summed E-state index contributed by atoms with van der Waals surface area (Å²) in [6, 6.07) is 13.4. The number of nitro groups is 1. The Morgan fingerprint density at radius 1 is 1.00 bits per heavy atom. The summed E-state index contributed by atoms with van der Waals surface area (Å²) in [7, 11) is -4.17. The standard InChI is InChI=1S/C19H11Br2NO5S2/c20-14-3-1-13(2-4-14)19(23)17(9-12-10-18(22(24)25)28-11-12)29(26,27)16-7-5-15(21)6-8-16/h1-11H/b17-9+. The number of Topliss-reactive ketones (excluding diaryl/α,β-unsaturated/α-hetero) is 1. The molecule has 0 N–H and O–H groups in total. The van der Waals surface area contributed by atoms with Gasteiger partial charge in [0.2, 0.25) is 15.6 Å². The first kappa shape index (κ1) is 21.6. The second-order valence-corrected chi connectivity index (χ2v) is 10.4. The van der Waals surface area contributed by atoms with E-state index in [1.54, 1.807) is 24.3 Å². The molecule has 0 aliphatic heterocycles. The molecular weight excluding hydrogens is 546 g/mol. The van der Waals surface area contributed by atoms with E-state index >= 15 is 0 Å². The van der Waals surface area contributed by atoms with Crippen LogP contribution in [0.4, 0.5) is 5.00 Å². The maximum atomic E-state index is 13.2. The Kier molecular flexibility index (Phi) is 6.47. The predicted molar refractivity (Wildman–Crippen MR) is 119 cm³/mol. The Bertz CT molecular complexity index is 1210. The lowest BCUT2D eigenvalue weighted by molar-refractivity contribution is -0.380. The molecule has 0 atom stereocenters. The molecule has 1 aromatic heterocycles. The SMILES string of the molecule is O=C(/C(=C\c1csc([N+](=O)[O-])c1)S(=O)(=O)c1ccc(Br)cc1)c1ccc(Br)cc1. The van der Waals surface area contributed by atoms with E-state index in [0.717, 1.165) is 15.8 Å². The third-order valence-electron chi connectivity index (χ3n) is 3.83. The zero-order valence-electron chi connectivity index (χ0n) is 14.4. The van der Waals surface area contributed by atoms with Gasteiger partial charge in [0, 0.05) is 26.0 Å². The van der Waals surface area contributed by atoms with Gasteiger partial charge in [0.05, 0.1) is 9.82 Å². The zero-order chi connectivity index (χ0) is 21.2. The summed E-state index contributed by atoms with van der Waals surface area (Å²) in [6.45, 7) is 0. The molecule has 0 amide bonds. The predicted octanol–water partition coefficient (Wildman–Crippen LogP) is 5.88. The Labute approximate surface area is 187 Å². The molecule has 0 saturated carbocycles. The van der Waals surface area contributed by atoms with Gasteiger partial charge in [-0.25, -0.2) is 8.42 Å². The maximum Gasteiger partial charge on any atom is 0.324 e. The van der Waals surface area contributed by atoms with E-state index in [-0.39, 0.29) is 21.0 Å². The van der Waals surface area contributed by atoms with Gasteiger partial charge in [-0.15, -0.1) is 0 Å². The van der Waals surface area contributed by atoms with Crippen molar-refractivity contribution in [3.63, 3.8) is 0 Å². The lowest BCUT2D eigenvalue weighted by atomic mass is 10.1. The lowest BCUT2D eigenvalue weighted by Gasteiger charge is -2.09. The van der Waals surface area contributed by atoms with Gasteiger partial charge >= 0.3 is 5.00 Å². The molecule has 3 aromatic rings. The highest BCUT2D eigenvalue weighted by molar-refractivity contribution is 9.10. The highest BCUT2D eigenvalue weighted by Gasteiger charge is 2.28. The minimum atomic E-state index is -4.17. The molecule has 3 rings (SSSR count). The van der Waals surface area contributed by atoms with Gasteiger partial charge in [0.15, 0.2) is 0 Å². The van der Waals surface area contributed by atoms with Gasteiger partial charge in [-0.3, -0.25) is 14.9 Å². The number of carbonyl (C=O) groups is 1. The van der Waals surface area contributed by atoms with E-state index in [2.05, 4.69) is 31.9 Å². The van der Waals surface area contributed by atoms with Crippen molar-refractivity contribution in [3.8, 4) is 0 Å². The van der Waals surface area contributed by atoms with Gasteiger partial charge in [0.25, 0.3) is 0 Å². The van der Waals surface area contributed by atoms with Crippen LogP contribution < -0.4 is 0 Å². The van der Waals surface area contributed by atoms with Crippen molar-refractivity contribution < 1.29 is 18.1 Å². The minimum Gasteiger partial charge on any atom is -0.288 e. The summed E-state index contributed by atoms with van der Waals surface area (Å²) in [5.74, 6) is -0.700. The van der Waals surface area contributed by atoms with E-state index in [4.69, 9.17) is 0 Å². The average Bonchev–Trinajstić information content (AvgIpc) is 3.15. The lowest BCUT2D eigenvalue weighted by Crippen LogP contribution is -2.14. The third kappa shape index (κ3) is 4.89. The monoisotopic (exact) mass is 555 g/mol. The average molecular weight is 557 g/mol. The number of sulfone groups is 1. The van der Waals surface area contributed by atoms with Crippen molar-refractivity contribution in [2.45, 2.75) is 4.90 Å². The minimum absolute atomic E-state index is 0.0536. The van der Waals surface area contributed by atoms with Crippen LogP contribution in [0.15, 0.2) is 78.7 Å². The van der Waals surface area contributed by atoms with Crippen molar-refractivity contribution in [1.29, 1.82) is 0 Å². The molecule has 6 nitrogen and oxygen atoms in total. The molecule has 10 heteroatoms. The van der Waals surface area contributed by atoms with E-state index in [1.165, 1.54) is 41.8 Å². The fourth-order valence-corrected chi connectivity index (χ4v) is 5.02. The van der Waals surface area contributed by atoms with Crippen molar-refractivity contribution in [3.05, 3.63) is 95.1 Å². The normalized spacial score (nSPS) is 12.0. The summed E-state index contributed by atoms with van der Waals surface area (Å²) in [4.78, 5) is 22.9. The summed E-state index contributed by atoms with van der Waals surface area (Å²) in [6.07, 6.45) is 1.17. The largest absolute Gasteiger partial charge is 0.324 e. The fourth-order valence-electron chi connectivity index (χ4n) is 2.41. The smallest absolute Gasteiger partial charge is 0.288 e. The van der Waals surface area contributed by atoms with Crippen molar-refractivity contribution >= 4 is 69.9 Å². The Hall–Kier alpha value is -2.14. The Balaban J connectivity index is 2.15. The number of carbonyl (C=O) groups excluding carboxylic acids is 1. The number of ketones is 1. The number of halogens is 2. The molecule has 29 heavy (non-hydrogen) atoms. The van der Waals surface area contributed by atoms with Crippen LogP contribution in [-0.2, 0) is 9.84 Å². The number of allylic oxidation sites excluding steroid dienone is 1. The molecule has 0 aliphatic carbocycles. The zero-order valence-corrected chi connectivity index (χ0v) is 19.2. The Morgan fingerprint density at radius 3 is 2.07 bits per heavy atom. The summed E-state index contributed by atoms with van der Waals surface area (Å²) < 4.78 is 27.9. The fraction of sp³-hybridized carbons (Fsp3) is 0. The molecule has 1 heterocycles. The molecule has 0 aliphatic rings. The van der Waals surface area contributed by atoms with Crippen LogP contribution in [0.2, 0.25) is 0 Å². The number of hydrogen-bond acceptors (Lipinski definition) is 6. The van der Waals surface area contributed by atoms with Crippen LogP contribution in [0.3, 0.4) is 0 Å². The van der Waals surface area contributed by atoms with Gasteiger partial charge in [0.1, 0.15) is 4.91 Å². The quantitative estimate of drug-likeness (QED) is 0.163. The van der Waals surface area contributed by atoms with E-state index in [0.29, 0.717) is 4.47 Å². The molecule has 0 saturated heterocycles. The maximum absolute atomic E-state index is 13.2. The van der Waals surface area contributed by atoms with Gasteiger partial charge in [-0.1, -0.05) is 43.2 Å². The number of thiophene rings is 1. The summed E-state index contributed by atoms with van der Waals surface area (Å²) in [5, 5.41) is 12.2. The third-order valence-corrected chi connectivity index (χ3v) is 7.56. The molecule has 0 spiro atoms.